The molecule has 0 unspecified atom stereocenters. The molecule has 0 radical (unpaired) electrons. The number of thiophene rings is 1. The van der Waals surface area contributed by atoms with Crippen LogP contribution in [0.5, 0.6) is 0 Å². The molecule has 2 aromatic rings. The molecule has 1 saturated heterocycles. The van der Waals surface area contributed by atoms with Crippen molar-refractivity contribution in [2.24, 2.45) is 5.73 Å². The smallest absolute Gasteiger partial charge is 0.270 e. The molecule has 1 amide bonds. The number of nitrogens with one attached hydrogen (secondary N) is 1. The second kappa shape index (κ2) is 8.16. The monoisotopic (exact) mass is 385 g/mol. The third kappa shape index (κ3) is 4.42. The first-order chi connectivity index (χ1) is 13.0. The van der Waals surface area contributed by atoms with Crippen LogP contribution in [0.25, 0.3) is 0 Å². The van der Waals surface area contributed by atoms with Crippen LogP contribution in [-0.4, -0.2) is 36.0 Å². The number of benzene rings is 1. The molecule has 0 spiro atoms. The number of nitro groups is 1. The number of nitrogens with two attached hydrogens (primary N) is 1. The van der Waals surface area contributed by atoms with Crippen molar-refractivity contribution >= 4 is 28.6 Å². The van der Waals surface area contributed by atoms with Crippen LogP contribution in [0.4, 0.5) is 11.4 Å². The van der Waals surface area contributed by atoms with E-state index < -0.39 is 11.0 Å². The Balaban J connectivity index is 1.61. The van der Waals surface area contributed by atoms with E-state index in [1.807, 2.05) is 28.5 Å². The summed E-state index contributed by atoms with van der Waals surface area (Å²) in [4.78, 5) is 25.7. The number of amides is 1. The van der Waals surface area contributed by atoms with Crippen molar-refractivity contribution in [1.82, 2.24) is 5.32 Å². The highest BCUT2D eigenvalue weighted by Crippen LogP contribution is 2.27. The molecule has 0 saturated carbocycles. The predicted molar refractivity (Wildman–Crippen MR) is 103 cm³/mol. The molecule has 2 atom stereocenters. The highest BCUT2D eigenvalue weighted by Gasteiger charge is 2.28. The normalized spacial score (nSPS) is 17.3. The molecule has 0 aliphatic carbocycles. The first-order valence-corrected chi connectivity index (χ1v) is 9.37. The van der Waals surface area contributed by atoms with Gasteiger partial charge in [0, 0.05) is 42.6 Å². The van der Waals surface area contributed by atoms with Crippen LogP contribution in [0.3, 0.4) is 0 Å². The molecule has 3 rings (SSSR count). The molecular formula is C18H19N5O3S. The van der Waals surface area contributed by atoms with E-state index >= 15 is 0 Å². The van der Waals surface area contributed by atoms with Gasteiger partial charge in [0.25, 0.3) is 5.69 Å². The minimum Gasteiger partial charge on any atom is -0.368 e. The number of nitriles is 1. The highest BCUT2D eigenvalue weighted by molar-refractivity contribution is 7.09. The molecule has 3 N–H and O–H groups in total. The maximum Gasteiger partial charge on any atom is 0.270 e. The lowest BCUT2D eigenvalue weighted by Gasteiger charge is -2.21. The number of nitro benzene ring substituents is 1. The van der Waals surface area contributed by atoms with Crippen molar-refractivity contribution in [2.75, 3.05) is 18.0 Å². The Kier molecular flexibility index (Phi) is 5.69. The van der Waals surface area contributed by atoms with Crippen molar-refractivity contribution in [1.29, 1.82) is 5.26 Å². The third-order valence-electron chi connectivity index (χ3n) is 4.52. The van der Waals surface area contributed by atoms with Gasteiger partial charge in [-0.2, -0.15) is 5.26 Å². The fourth-order valence-corrected chi connectivity index (χ4v) is 3.91. The fraction of sp³-hybridized carbons (Fsp3) is 0.333. The molecule has 2 heterocycles. The van der Waals surface area contributed by atoms with Gasteiger partial charge in [-0.3, -0.25) is 14.9 Å². The minimum absolute atomic E-state index is 0.0754. The van der Waals surface area contributed by atoms with Gasteiger partial charge in [-0.05, 0) is 23.9 Å². The van der Waals surface area contributed by atoms with E-state index in [1.165, 1.54) is 12.1 Å². The zero-order valence-electron chi connectivity index (χ0n) is 14.5. The van der Waals surface area contributed by atoms with E-state index in [1.54, 1.807) is 17.4 Å². The number of hydrogen-bond donors (Lipinski definition) is 2. The lowest BCUT2D eigenvalue weighted by molar-refractivity contribution is -0.384. The van der Waals surface area contributed by atoms with Gasteiger partial charge in [0.1, 0.15) is 6.07 Å². The lowest BCUT2D eigenvalue weighted by Crippen LogP contribution is -2.47. The number of anilines is 1. The van der Waals surface area contributed by atoms with Crippen molar-refractivity contribution in [3.63, 3.8) is 0 Å². The predicted octanol–water partition coefficient (Wildman–Crippen LogP) is 1.79. The summed E-state index contributed by atoms with van der Waals surface area (Å²) in [5.41, 5.74) is 6.78. The Labute approximate surface area is 160 Å². The van der Waals surface area contributed by atoms with Gasteiger partial charge in [-0.15, -0.1) is 11.3 Å². The van der Waals surface area contributed by atoms with Crippen molar-refractivity contribution in [2.45, 2.75) is 24.9 Å². The summed E-state index contributed by atoms with van der Waals surface area (Å²) in [6, 6.07) is 9.46. The van der Waals surface area contributed by atoms with Gasteiger partial charge < -0.3 is 16.0 Å². The number of carbonyl (C=O) groups is 1. The summed E-state index contributed by atoms with van der Waals surface area (Å²) >= 11 is 1.57. The third-order valence-corrected chi connectivity index (χ3v) is 5.42. The van der Waals surface area contributed by atoms with E-state index in [2.05, 4.69) is 5.32 Å². The first kappa shape index (κ1) is 18.8. The summed E-state index contributed by atoms with van der Waals surface area (Å²) in [5.74, 6) is -0.195. The summed E-state index contributed by atoms with van der Waals surface area (Å²) < 4.78 is 0. The molecule has 9 heteroatoms. The Hall–Kier alpha value is -2.96. The van der Waals surface area contributed by atoms with E-state index in [0.717, 1.165) is 11.3 Å². The van der Waals surface area contributed by atoms with Crippen LogP contribution in [0.2, 0.25) is 0 Å². The summed E-state index contributed by atoms with van der Waals surface area (Å²) in [7, 11) is 0. The maximum atomic E-state index is 12.3. The Bertz CT molecular complexity index is 878. The second-order valence-corrected chi connectivity index (χ2v) is 7.43. The maximum absolute atomic E-state index is 12.3. The molecule has 1 aromatic heterocycles. The van der Waals surface area contributed by atoms with Crippen LogP contribution < -0.4 is 16.0 Å². The average molecular weight is 385 g/mol. The second-order valence-electron chi connectivity index (χ2n) is 6.40. The van der Waals surface area contributed by atoms with Gasteiger partial charge >= 0.3 is 0 Å². The number of hydrogen-bond acceptors (Lipinski definition) is 7. The fourth-order valence-electron chi connectivity index (χ4n) is 3.15. The van der Waals surface area contributed by atoms with E-state index in [9.17, 15) is 20.2 Å². The quantitative estimate of drug-likeness (QED) is 0.577. The van der Waals surface area contributed by atoms with Crippen molar-refractivity contribution < 1.29 is 9.72 Å². The van der Waals surface area contributed by atoms with Crippen LogP contribution >= 0.6 is 11.3 Å². The van der Waals surface area contributed by atoms with Crippen LogP contribution in [0, 0.1) is 21.4 Å². The zero-order valence-corrected chi connectivity index (χ0v) is 15.3. The van der Waals surface area contributed by atoms with Gasteiger partial charge in [-0.25, -0.2) is 0 Å². The topological polar surface area (TPSA) is 125 Å². The average Bonchev–Trinajstić information content (AvgIpc) is 3.33. The molecule has 1 aliphatic heterocycles. The lowest BCUT2D eigenvalue weighted by atomic mass is 10.1. The number of nitrogens with zero attached hydrogens (tertiary/aromatic N) is 3. The van der Waals surface area contributed by atoms with Gasteiger partial charge in [0.05, 0.1) is 22.2 Å². The number of non-ortho nitro benzene ring substituents is 1. The van der Waals surface area contributed by atoms with Crippen molar-refractivity contribution in [3.05, 3.63) is 56.3 Å². The Morgan fingerprint density at radius 3 is 3.00 bits per heavy atom. The standard InChI is InChI=1S/C18H19N5O3S/c19-10-12-8-14(23(25)26)3-4-17(12)22-6-5-13(11-22)21-18(24)16(20)9-15-2-1-7-27-15/h1-4,7-8,13,16H,5-6,9,11,20H2,(H,21,24)/t13-,16-/m0/s1. The molecular weight excluding hydrogens is 366 g/mol. The van der Waals surface area contributed by atoms with Gasteiger partial charge in [-0.1, -0.05) is 6.07 Å². The van der Waals surface area contributed by atoms with E-state index in [4.69, 9.17) is 5.73 Å². The SMILES string of the molecule is N#Cc1cc([N+](=O)[O-])ccc1N1CC[C@H](NC(=O)[C@@H](N)Cc2cccs2)C1. The van der Waals surface area contributed by atoms with Gasteiger partial charge in [0.2, 0.25) is 5.91 Å². The largest absolute Gasteiger partial charge is 0.368 e. The van der Waals surface area contributed by atoms with Crippen molar-refractivity contribution in [3.8, 4) is 6.07 Å². The Morgan fingerprint density at radius 1 is 1.52 bits per heavy atom. The molecule has 27 heavy (non-hydrogen) atoms. The molecule has 1 fully saturated rings. The molecule has 140 valence electrons. The van der Waals surface area contributed by atoms with E-state index in [0.29, 0.717) is 25.2 Å². The van der Waals surface area contributed by atoms with E-state index in [-0.39, 0.29) is 23.2 Å². The minimum atomic E-state index is -0.605. The molecule has 0 bridgehead atoms. The van der Waals surface area contributed by atoms with Crippen LogP contribution in [0.15, 0.2) is 35.7 Å². The summed E-state index contributed by atoms with van der Waals surface area (Å²) in [6.07, 6.45) is 1.22. The van der Waals surface area contributed by atoms with Crippen LogP contribution in [0.1, 0.15) is 16.9 Å². The summed E-state index contributed by atoms with van der Waals surface area (Å²) in [6.45, 7) is 1.18. The highest BCUT2D eigenvalue weighted by atomic mass is 32.1. The molecule has 8 nitrogen and oxygen atoms in total. The molecule has 1 aromatic carbocycles. The zero-order chi connectivity index (χ0) is 19.4. The number of rotatable bonds is 6. The number of carbonyl (C=O) groups excluding carboxylic acids is 1. The summed E-state index contributed by atoms with van der Waals surface area (Å²) in [5, 5.41) is 25.1. The van der Waals surface area contributed by atoms with Crippen LogP contribution in [-0.2, 0) is 11.2 Å². The Morgan fingerprint density at radius 2 is 2.33 bits per heavy atom. The van der Waals surface area contributed by atoms with Gasteiger partial charge in [0.15, 0.2) is 0 Å². The first-order valence-electron chi connectivity index (χ1n) is 8.49. The molecule has 1 aliphatic rings.